The fourth-order valence-corrected chi connectivity index (χ4v) is 5.46. The van der Waals surface area contributed by atoms with Crippen molar-refractivity contribution in [3.05, 3.63) is 72.4 Å². The van der Waals surface area contributed by atoms with Crippen LogP contribution in [0.15, 0.2) is 60.8 Å². The molecule has 0 unspecified atom stereocenters. The van der Waals surface area contributed by atoms with Gasteiger partial charge in [-0.1, -0.05) is 0 Å². The smallest absolute Gasteiger partial charge is 0.323 e. The second-order valence-corrected chi connectivity index (χ2v) is 11.4. The van der Waals surface area contributed by atoms with Crippen molar-refractivity contribution in [2.75, 3.05) is 42.1 Å². The number of rotatable bonds is 8. The predicted molar refractivity (Wildman–Crippen MR) is 157 cm³/mol. The molecule has 1 aromatic heterocycles. The summed E-state index contributed by atoms with van der Waals surface area (Å²) < 4.78 is 33.9. The summed E-state index contributed by atoms with van der Waals surface area (Å²) in [6.07, 6.45) is 3.49. The molecule has 44 heavy (non-hydrogen) atoms. The zero-order valence-electron chi connectivity index (χ0n) is 23.8. The number of carbonyl (C=O) groups is 3. The van der Waals surface area contributed by atoms with Crippen molar-refractivity contribution in [2.45, 2.75) is 37.8 Å². The predicted octanol–water partition coefficient (Wildman–Crippen LogP) is 4.18. The molecule has 0 atom stereocenters. The van der Waals surface area contributed by atoms with E-state index in [1.54, 1.807) is 11.0 Å². The van der Waals surface area contributed by atoms with E-state index in [9.17, 15) is 28.3 Å². The summed E-state index contributed by atoms with van der Waals surface area (Å²) in [4.78, 5) is 46.7. The van der Waals surface area contributed by atoms with Gasteiger partial charge < -0.3 is 25.4 Å². The highest BCUT2D eigenvalue weighted by molar-refractivity contribution is 6.16. The molecular weight excluding hydrogens is 574 g/mol. The number of carbonyl (C=O) groups excluding carboxylic acids is 3. The average Bonchev–Trinajstić information content (AvgIpc) is 3.81. The van der Waals surface area contributed by atoms with Gasteiger partial charge in [-0.05, 0) is 68.1 Å². The molecule has 4 amide bonds. The molecule has 6 rings (SSSR count). The maximum atomic E-state index is 15.0. The normalized spacial score (nSPS) is 18.2. The molecule has 11 nitrogen and oxygen atoms in total. The van der Waals surface area contributed by atoms with Crippen LogP contribution in [0, 0.1) is 17.0 Å². The van der Waals surface area contributed by atoms with Gasteiger partial charge >= 0.3 is 6.03 Å². The number of pyridine rings is 1. The van der Waals surface area contributed by atoms with Gasteiger partial charge in [-0.25, -0.2) is 18.6 Å². The van der Waals surface area contributed by atoms with E-state index < -0.39 is 28.9 Å². The van der Waals surface area contributed by atoms with Crippen LogP contribution in [0.1, 0.15) is 25.7 Å². The molecule has 2 aromatic carbocycles. The summed E-state index contributed by atoms with van der Waals surface area (Å²) in [5, 5.41) is 17.4. The van der Waals surface area contributed by atoms with Gasteiger partial charge in [0, 0.05) is 56.2 Å². The topological polar surface area (TPSA) is 136 Å². The van der Waals surface area contributed by atoms with Crippen LogP contribution in [0.5, 0.6) is 11.5 Å². The summed E-state index contributed by atoms with van der Waals surface area (Å²) in [5.74, 6) is -1.65. The number of likely N-dealkylation sites (tertiary alicyclic amines) is 2. The van der Waals surface area contributed by atoms with Crippen molar-refractivity contribution in [3.63, 3.8) is 0 Å². The van der Waals surface area contributed by atoms with Crippen LogP contribution >= 0.6 is 0 Å². The minimum absolute atomic E-state index is 0.111. The third kappa shape index (κ3) is 6.48. The molecular formula is C31H32F2N6O5. The van der Waals surface area contributed by atoms with E-state index in [4.69, 9.17) is 4.74 Å². The van der Waals surface area contributed by atoms with Crippen LogP contribution in [0.3, 0.4) is 0 Å². The third-order valence-corrected chi connectivity index (χ3v) is 8.27. The first-order valence-corrected chi connectivity index (χ1v) is 14.5. The number of hydrogen-bond acceptors (Lipinski definition) is 7. The first-order valence-electron chi connectivity index (χ1n) is 14.5. The van der Waals surface area contributed by atoms with Gasteiger partial charge in [-0.2, -0.15) is 0 Å². The van der Waals surface area contributed by atoms with Crippen LogP contribution < -0.4 is 20.7 Å². The summed E-state index contributed by atoms with van der Waals surface area (Å²) in [6, 6.07) is 12.3. The number of piperidine rings is 1. The van der Waals surface area contributed by atoms with Crippen LogP contribution in [-0.4, -0.2) is 76.1 Å². The lowest BCUT2D eigenvalue weighted by atomic mass is 9.99. The van der Waals surface area contributed by atoms with Gasteiger partial charge in [0.15, 0.2) is 0 Å². The first-order chi connectivity index (χ1) is 21.2. The monoisotopic (exact) mass is 606 g/mol. The molecule has 4 N–H and O–H groups in total. The summed E-state index contributed by atoms with van der Waals surface area (Å²) in [6.45, 7) is 2.57. The van der Waals surface area contributed by atoms with Gasteiger partial charge in [-0.15, -0.1) is 0 Å². The highest BCUT2D eigenvalue weighted by Crippen LogP contribution is 2.47. The lowest BCUT2D eigenvalue weighted by Gasteiger charge is -2.45. The molecule has 2 saturated heterocycles. The Balaban J connectivity index is 1.02. The quantitative estimate of drug-likeness (QED) is 0.283. The van der Waals surface area contributed by atoms with Crippen molar-refractivity contribution in [1.82, 2.24) is 14.8 Å². The van der Waals surface area contributed by atoms with E-state index in [0.717, 1.165) is 18.9 Å². The molecule has 0 radical (unpaired) electrons. The van der Waals surface area contributed by atoms with Gasteiger partial charge in [0.25, 0.3) is 0 Å². The molecule has 13 heteroatoms. The number of amides is 4. The Kier molecular flexibility index (Phi) is 8.15. The van der Waals surface area contributed by atoms with Gasteiger partial charge in [0.1, 0.15) is 34.4 Å². The molecule has 1 saturated carbocycles. The number of nitrogens with zero attached hydrogens (tertiary/aromatic N) is 3. The molecule has 0 bridgehead atoms. The number of aromatic nitrogens is 1. The van der Waals surface area contributed by atoms with Crippen LogP contribution in [-0.2, 0) is 9.59 Å². The molecule has 1 aliphatic carbocycles. The van der Waals surface area contributed by atoms with Crippen LogP contribution in [0.2, 0.25) is 0 Å². The Morgan fingerprint density at radius 3 is 2.23 bits per heavy atom. The number of benzene rings is 2. The fourth-order valence-electron chi connectivity index (χ4n) is 5.46. The SMILES string of the molecule is O=C(Nc1cc(Oc2ccc(NC(=O)C3(C(=O)Nc4ccc(F)cc4)CC3)c(F)c2)ccn1)N1CCC(N2CC(O)C2)CC1. The van der Waals surface area contributed by atoms with Gasteiger partial charge in [-0.3, -0.25) is 19.8 Å². The van der Waals surface area contributed by atoms with Gasteiger partial charge in [0.2, 0.25) is 11.8 Å². The Bertz CT molecular complexity index is 1550. The van der Waals surface area contributed by atoms with E-state index in [1.165, 1.54) is 48.7 Å². The minimum atomic E-state index is -1.33. The van der Waals surface area contributed by atoms with E-state index in [1.807, 2.05) is 0 Å². The zero-order chi connectivity index (χ0) is 30.8. The third-order valence-electron chi connectivity index (χ3n) is 8.27. The summed E-state index contributed by atoms with van der Waals surface area (Å²) >= 11 is 0. The number of nitrogens with one attached hydrogen (secondary N) is 3. The van der Waals surface area contributed by atoms with E-state index in [-0.39, 0.29) is 29.4 Å². The number of urea groups is 1. The Labute approximate surface area is 252 Å². The molecule has 3 aliphatic rings. The minimum Gasteiger partial charge on any atom is -0.457 e. The number of aliphatic hydroxyl groups excluding tert-OH is 1. The highest BCUT2D eigenvalue weighted by atomic mass is 19.1. The summed E-state index contributed by atoms with van der Waals surface area (Å²) in [5.41, 5.74) is -1.09. The van der Waals surface area contributed by atoms with Crippen LogP contribution in [0.4, 0.5) is 30.8 Å². The number of ether oxygens (including phenoxy) is 1. The zero-order valence-corrected chi connectivity index (χ0v) is 23.8. The van der Waals surface area contributed by atoms with Crippen molar-refractivity contribution in [2.24, 2.45) is 5.41 Å². The lowest BCUT2D eigenvalue weighted by Crippen LogP contribution is -2.58. The largest absolute Gasteiger partial charge is 0.457 e. The molecule has 3 heterocycles. The lowest BCUT2D eigenvalue weighted by molar-refractivity contribution is -0.131. The van der Waals surface area contributed by atoms with Gasteiger partial charge in [0.05, 0.1) is 11.8 Å². The number of β-amino-alcohol motifs (C(OH)–C–C–N with tert-alkyl or cyclic N) is 1. The molecule has 3 aromatic rings. The number of halogens is 2. The maximum Gasteiger partial charge on any atom is 0.323 e. The first kappa shape index (κ1) is 29.5. The highest BCUT2D eigenvalue weighted by Gasteiger charge is 2.56. The number of aliphatic hydroxyl groups is 1. The Morgan fingerprint density at radius 1 is 0.886 bits per heavy atom. The Hall–Kier alpha value is -4.62. The molecule has 3 fully saturated rings. The second kappa shape index (κ2) is 12.2. The maximum absolute atomic E-state index is 15.0. The molecule has 0 spiro atoms. The molecule has 230 valence electrons. The van der Waals surface area contributed by atoms with E-state index in [2.05, 4.69) is 25.8 Å². The molecule has 2 aliphatic heterocycles. The van der Waals surface area contributed by atoms with Crippen molar-refractivity contribution in [1.29, 1.82) is 0 Å². The number of anilines is 3. The second-order valence-electron chi connectivity index (χ2n) is 11.4. The average molecular weight is 607 g/mol. The standard InChI is InChI=1S/C31H32F2N6O5/c32-19-1-3-20(4-2-19)35-28(41)31(10-11-31)29(42)36-26-6-5-23(15-25(26)33)44-24-7-12-34-27(16-24)37-30(43)38-13-8-21(9-14-38)39-17-22(40)18-39/h1-7,12,15-16,21-22,40H,8-11,13-14,17-18H2,(H,35,41)(H,36,42)(H,34,37,43). The van der Waals surface area contributed by atoms with Crippen molar-refractivity contribution >= 4 is 35.0 Å². The van der Waals surface area contributed by atoms with E-state index >= 15 is 0 Å². The summed E-state index contributed by atoms with van der Waals surface area (Å²) in [7, 11) is 0. The van der Waals surface area contributed by atoms with Crippen molar-refractivity contribution in [3.8, 4) is 11.5 Å². The van der Waals surface area contributed by atoms with Crippen molar-refractivity contribution < 1.29 is 33.0 Å². The Morgan fingerprint density at radius 2 is 1.57 bits per heavy atom. The number of hydrogen-bond donors (Lipinski definition) is 4. The fraction of sp³-hybridized carbons (Fsp3) is 0.355. The van der Waals surface area contributed by atoms with Crippen LogP contribution in [0.25, 0.3) is 0 Å². The van der Waals surface area contributed by atoms with E-state index in [0.29, 0.717) is 56.5 Å².